The summed E-state index contributed by atoms with van der Waals surface area (Å²) in [5, 5.41) is 9.31. The van der Waals surface area contributed by atoms with Gasteiger partial charge in [-0.1, -0.05) is 24.3 Å². The largest absolute Gasteiger partial charge is 0.456 e. The molecule has 2 aliphatic rings. The molecule has 1 N–H and O–H groups in total. The third kappa shape index (κ3) is 1.22. The van der Waals surface area contributed by atoms with E-state index in [9.17, 15) is 0 Å². The van der Waals surface area contributed by atoms with Gasteiger partial charge < -0.3 is 9.83 Å². The highest BCUT2D eigenvalue weighted by molar-refractivity contribution is 5.82. The second-order valence-corrected chi connectivity index (χ2v) is 3.50. The molecule has 3 rings (SSSR count). The van der Waals surface area contributed by atoms with Crippen molar-refractivity contribution in [3.05, 3.63) is 53.9 Å². The van der Waals surface area contributed by atoms with Gasteiger partial charge in [0.2, 0.25) is 0 Å². The van der Waals surface area contributed by atoms with Crippen LogP contribution in [0.2, 0.25) is 0 Å². The van der Waals surface area contributed by atoms with E-state index in [1.165, 1.54) is 0 Å². The fraction of sp³-hybridized carbons (Fsp3) is 0. The monoisotopic (exact) mass is 195 g/mol. The summed E-state index contributed by atoms with van der Waals surface area (Å²) in [7, 11) is 0. The first kappa shape index (κ1) is 8.24. The molecular weight excluding hydrogens is 186 g/mol. The molecule has 2 heteroatoms. The van der Waals surface area contributed by atoms with Crippen molar-refractivity contribution in [3.63, 3.8) is 0 Å². The number of benzene rings is 2. The lowest BCUT2D eigenvalue weighted by Gasteiger charge is -2.06. The van der Waals surface area contributed by atoms with Crippen molar-refractivity contribution in [1.29, 1.82) is 5.41 Å². The van der Waals surface area contributed by atoms with Crippen LogP contribution in [-0.4, -0.2) is 0 Å². The smallest absolute Gasteiger partial charge is 0.136 e. The molecule has 0 fully saturated rings. The van der Waals surface area contributed by atoms with Gasteiger partial charge in [0.1, 0.15) is 11.3 Å². The van der Waals surface area contributed by atoms with Crippen molar-refractivity contribution in [2.75, 3.05) is 0 Å². The average Bonchev–Trinajstić information content (AvgIpc) is 2.27. The van der Waals surface area contributed by atoms with Gasteiger partial charge in [-0.2, -0.15) is 0 Å². The molecule has 0 amide bonds. The fourth-order valence-corrected chi connectivity index (χ4v) is 1.75. The van der Waals surface area contributed by atoms with Gasteiger partial charge in [-0.05, 0) is 24.3 Å². The van der Waals surface area contributed by atoms with Crippen molar-refractivity contribution in [2.24, 2.45) is 0 Å². The molecule has 15 heavy (non-hydrogen) atoms. The Morgan fingerprint density at radius 3 is 2.73 bits per heavy atom. The first-order valence-corrected chi connectivity index (χ1v) is 4.81. The second-order valence-electron chi connectivity index (χ2n) is 3.50. The van der Waals surface area contributed by atoms with Gasteiger partial charge in [0.05, 0.1) is 5.36 Å². The molecular formula is C13H9NO. The number of para-hydroxylation sites is 1. The molecule has 0 unspecified atom stereocenters. The van der Waals surface area contributed by atoms with Crippen molar-refractivity contribution in [3.8, 4) is 11.3 Å². The van der Waals surface area contributed by atoms with Gasteiger partial charge in [0.15, 0.2) is 0 Å². The molecule has 0 aromatic heterocycles. The zero-order valence-electron chi connectivity index (χ0n) is 8.03. The first-order chi connectivity index (χ1) is 7.34. The summed E-state index contributed by atoms with van der Waals surface area (Å²) >= 11 is 0. The van der Waals surface area contributed by atoms with Crippen LogP contribution in [0.15, 0.2) is 52.9 Å². The molecule has 1 aromatic carbocycles. The highest BCUT2D eigenvalue weighted by Gasteiger charge is 2.06. The standard InChI is InChI=1S/C13H9NO/c14-11-5-3-7-13-10(11)8-9-4-1-2-6-12(9)15-13/h1-8,14H. The van der Waals surface area contributed by atoms with Crippen LogP contribution in [0.4, 0.5) is 0 Å². The average molecular weight is 195 g/mol. The van der Waals surface area contributed by atoms with Crippen molar-refractivity contribution in [2.45, 2.75) is 0 Å². The predicted molar refractivity (Wildman–Crippen MR) is 58.7 cm³/mol. The molecule has 1 aromatic rings. The van der Waals surface area contributed by atoms with Crippen molar-refractivity contribution < 1.29 is 4.42 Å². The number of rotatable bonds is 0. The van der Waals surface area contributed by atoms with E-state index >= 15 is 0 Å². The van der Waals surface area contributed by atoms with Crippen LogP contribution >= 0.6 is 0 Å². The van der Waals surface area contributed by atoms with E-state index in [1.807, 2.05) is 42.5 Å². The lowest BCUT2D eigenvalue weighted by Crippen LogP contribution is -2.02. The van der Waals surface area contributed by atoms with Crippen LogP contribution in [0.3, 0.4) is 0 Å². The van der Waals surface area contributed by atoms with Gasteiger partial charge in [-0.25, -0.2) is 0 Å². The Morgan fingerprint density at radius 2 is 1.80 bits per heavy atom. The SMILES string of the molecule is N=c1cccc2oc3ccccc3cc1-2. The van der Waals surface area contributed by atoms with Crippen LogP contribution in [0.25, 0.3) is 22.3 Å². The number of hydrogen-bond acceptors (Lipinski definition) is 2. The summed E-state index contributed by atoms with van der Waals surface area (Å²) in [5.41, 5.74) is 1.71. The summed E-state index contributed by atoms with van der Waals surface area (Å²) in [6.07, 6.45) is 0. The molecule has 2 nitrogen and oxygen atoms in total. The molecule has 0 saturated heterocycles. The van der Waals surface area contributed by atoms with Gasteiger partial charge >= 0.3 is 0 Å². The van der Waals surface area contributed by atoms with E-state index in [-0.39, 0.29) is 0 Å². The first-order valence-electron chi connectivity index (χ1n) is 4.81. The minimum absolute atomic E-state index is 0.502. The van der Waals surface area contributed by atoms with E-state index in [0.29, 0.717) is 5.36 Å². The Morgan fingerprint density at radius 1 is 0.933 bits per heavy atom. The number of hydrogen-bond donors (Lipinski definition) is 1. The zero-order chi connectivity index (χ0) is 10.3. The van der Waals surface area contributed by atoms with Gasteiger partial charge in [0, 0.05) is 10.9 Å². The fourth-order valence-electron chi connectivity index (χ4n) is 1.75. The summed E-state index contributed by atoms with van der Waals surface area (Å²) in [5.74, 6) is 0.765. The molecule has 0 saturated carbocycles. The summed E-state index contributed by atoms with van der Waals surface area (Å²) in [6, 6.07) is 15.3. The lowest BCUT2D eigenvalue weighted by molar-refractivity contribution is 0.618. The molecule has 0 bridgehead atoms. The Bertz CT molecular complexity index is 654. The van der Waals surface area contributed by atoms with E-state index in [1.54, 1.807) is 6.07 Å². The highest BCUT2D eigenvalue weighted by Crippen LogP contribution is 2.24. The summed E-state index contributed by atoms with van der Waals surface area (Å²) in [4.78, 5) is 0. The number of fused-ring (bicyclic) bond motifs is 2. The minimum Gasteiger partial charge on any atom is -0.456 e. The Hall–Kier alpha value is -2.09. The van der Waals surface area contributed by atoms with E-state index < -0.39 is 0 Å². The van der Waals surface area contributed by atoms with E-state index in [4.69, 9.17) is 9.83 Å². The van der Waals surface area contributed by atoms with Crippen LogP contribution in [-0.2, 0) is 0 Å². The van der Waals surface area contributed by atoms with Gasteiger partial charge in [-0.15, -0.1) is 0 Å². The molecule has 0 atom stereocenters. The van der Waals surface area contributed by atoms with Gasteiger partial charge in [0.25, 0.3) is 0 Å². The minimum atomic E-state index is 0.502. The maximum Gasteiger partial charge on any atom is 0.136 e. The Labute approximate surface area is 86.6 Å². The maximum absolute atomic E-state index is 7.78. The normalized spacial score (nSPS) is 10.9. The quantitative estimate of drug-likeness (QED) is 0.550. The Kier molecular flexibility index (Phi) is 1.62. The summed E-state index contributed by atoms with van der Waals surface area (Å²) in [6.45, 7) is 0. The van der Waals surface area contributed by atoms with Gasteiger partial charge in [-0.3, -0.25) is 0 Å². The molecule has 72 valence electrons. The van der Waals surface area contributed by atoms with E-state index in [2.05, 4.69) is 0 Å². The van der Waals surface area contributed by atoms with Crippen molar-refractivity contribution in [1.82, 2.24) is 0 Å². The third-order valence-electron chi connectivity index (χ3n) is 2.50. The van der Waals surface area contributed by atoms with Crippen LogP contribution in [0.5, 0.6) is 0 Å². The maximum atomic E-state index is 7.78. The molecule has 1 aliphatic carbocycles. The molecule has 0 radical (unpaired) electrons. The lowest BCUT2D eigenvalue weighted by atomic mass is 10.1. The molecule has 0 spiro atoms. The summed E-state index contributed by atoms with van der Waals surface area (Å²) < 4.78 is 5.71. The third-order valence-corrected chi connectivity index (χ3v) is 2.50. The second kappa shape index (κ2) is 2.95. The molecule has 1 heterocycles. The van der Waals surface area contributed by atoms with Crippen LogP contribution < -0.4 is 5.36 Å². The van der Waals surface area contributed by atoms with Crippen LogP contribution in [0.1, 0.15) is 0 Å². The predicted octanol–water partition coefficient (Wildman–Crippen LogP) is 3.02. The topological polar surface area (TPSA) is 37.0 Å². The molecule has 1 aliphatic heterocycles. The van der Waals surface area contributed by atoms with Crippen LogP contribution in [0, 0.1) is 5.41 Å². The highest BCUT2D eigenvalue weighted by atomic mass is 16.3. The Balaban J connectivity index is 2.54. The van der Waals surface area contributed by atoms with E-state index in [0.717, 1.165) is 22.3 Å². The van der Waals surface area contributed by atoms with Crippen molar-refractivity contribution >= 4 is 11.0 Å². The zero-order valence-corrected chi connectivity index (χ0v) is 8.03. The number of nitrogens with one attached hydrogen (secondary N) is 1.